The Morgan fingerprint density at radius 3 is 3.00 bits per heavy atom. The molecule has 4 heteroatoms. The van der Waals surface area contributed by atoms with E-state index in [0.717, 1.165) is 36.0 Å². The van der Waals surface area contributed by atoms with Crippen LogP contribution in [0.15, 0.2) is 24.3 Å². The Labute approximate surface area is 110 Å². The lowest BCUT2D eigenvalue weighted by Gasteiger charge is -2.11. The van der Waals surface area contributed by atoms with Gasteiger partial charge in [-0.25, -0.2) is 0 Å². The van der Waals surface area contributed by atoms with Gasteiger partial charge in [-0.1, -0.05) is 34.1 Å². The van der Waals surface area contributed by atoms with Gasteiger partial charge in [0.05, 0.1) is 12.5 Å². The Balaban J connectivity index is 1.92. The third-order valence-corrected chi connectivity index (χ3v) is 3.48. The van der Waals surface area contributed by atoms with E-state index in [1.54, 1.807) is 0 Å². The van der Waals surface area contributed by atoms with E-state index < -0.39 is 0 Å². The van der Waals surface area contributed by atoms with Gasteiger partial charge in [-0.15, -0.1) is 0 Å². The highest BCUT2D eigenvalue weighted by atomic mass is 79.9. The maximum absolute atomic E-state index is 11.8. The molecule has 0 spiro atoms. The second-order valence-corrected chi connectivity index (χ2v) is 4.74. The van der Waals surface area contributed by atoms with Crippen LogP contribution in [0.1, 0.15) is 24.8 Å². The van der Waals surface area contributed by atoms with Crippen LogP contribution in [-0.2, 0) is 14.9 Å². The van der Waals surface area contributed by atoms with Gasteiger partial charge in [0.25, 0.3) is 0 Å². The standard InChI is InChI=1S/C13H16BrNO2/c14-9-10-4-1-2-6-12(10)15-13(16)8-11-5-3-7-17-11/h1-2,4,6,11H,3,5,7-9H2,(H,15,16). The highest BCUT2D eigenvalue weighted by molar-refractivity contribution is 9.08. The van der Waals surface area contributed by atoms with E-state index in [0.29, 0.717) is 6.42 Å². The summed E-state index contributed by atoms with van der Waals surface area (Å²) in [5.41, 5.74) is 1.97. The molecule has 0 aliphatic carbocycles. The van der Waals surface area contributed by atoms with Gasteiger partial charge in [-0.2, -0.15) is 0 Å². The van der Waals surface area contributed by atoms with Crippen LogP contribution in [0, 0.1) is 0 Å². The van der Waals surface area contributed by atoms with Crippen LogP contribution in [0.2, 0.25) is 0 Å². The number of carbonyl (C=O) groups is 1. The summed E-state index contributed by atoms with van der Waals surface area (Å²) in [6, 6.07) is 7.81. The first-order valence-electron chi connectivity index (χ1n) is 5.85. The van der Waals surface area contributed by atoms with Crippen LogP contribution in [0.25, 0.3) is 0 Å². The summed E-state index contributed by atoms with van der Waals surface area (Å²) >= 11 is 3.41. The molecule has 3 nitrogen and oxygen atoms in total. The van der Waals surface area contributed by atoms with E-state index in [2.05, 4.69) is 21.2 Å². The molecular weight excluding hydrogens is 282 g/mol. The van der Waals surface area contributed by atoms with Crippen LogP contribution in [0.5, 0.6) is 0 Å². The van der Waals surface area contributed by atoms with Crippen molar-refractivity contribution >= 4 is 27.5 Å². The van der Waals surface area contributed by atoms with Gasteiger partial charge < -0.3 is 10.1 Å². The molecule has 0 bridgehead atoms. The average Bonchev–Trinajstić information content (AvgIpc) is 2.82. The van der Waals surface area contributed by atoms with Gasteiger partial charge in [0.15, 0.2) is 0 Å². The fourth-order valence-electron chi connectivity index (χ4n) is 1.97. The minimum Gasteiger partial charge on any atom is -0.378 e. The van der Waals surface area contributed by atoms with Crippen molar-refractivity contribution in [2.75, 3.05) is 11.9 Å². The van der Waals surface area contributed by atoms with Gasteiger partial charge in [0.1, 0.15) is 0 Å². The van der Waals surface area contributed by atoms with Crippen molar-refractivity contribution in [3.05, 3.63) is 29.8 Å². The SMILES string of the molecule is O=C(CC1CCCO1)Nc1ccccc1CBr. The molecule has 1 fully saturated rings. The molecule has 1 amide bonds. The Kier molecular flexibility index (Phi) is 4.57. The second kappa shape index (κ2) is 6.17. The van der Waals surface area contributed by atoms with E-state index >= 15 is 0 Å². The fraction of sp³-hybridized carbons (Fsp3) is 0.462. The number of hydrogen-bond donors (Lipinski definition) is 1. The molecule has 1 saturated heterocycles. The highest BCUT2D eigenvalue weighted by Gasteiger charge is 2.19. The van der Waals surface area contributed by atoms with Gasteiger partial charge in [-0.05, 0) is 24.5 Å². The predicted molar refractivity (Wildman–Crippen MR) is 71.3 cm³/mol. The molecule has 1 aromatic rings. The number of amides is 1. The number of ether oxygens (including phenoxy) is 1. The van der Waals surface area contributed by atoms with Gasteiger partial charge in [0, 0.05) is 17.6 Å². The zero-order valence-corrected chi connectivity index (χ0v) is 11.2. The normalized spacial score (nSPS) is 19.2. The third-order valence-electron chi connectivity index (χ3n) is 2.87. The number of benzene rings is 1. The van der Waals surface area contributed by atoms with Crippen molar-refractivity contribution in [3.63, 3.8) is 0 Å². The first-order valence-corrected chi connectivity index (χ1v) is 6.97. The third kappa shape index (κ3) is 3.54. The van der Waals surface area contributed by atoms with Crippen molar-refractivity contribution in [2.45, 2.75) is 30.7 Å². The number of carbonyl (C=O) groups excluding carboxylic acids is 1. The van der Waals surface area contributed by atoms with Gasteiger partial charge >= 0.3 is 0 Å². The molecule has 2 rings (SSSR count). The minimum atomic E-state index is 0.0327. The molecule has 1 aliphatic heterocycles. The zero-order valence-electron chi connectivity index (χ0n) is 9.62. The molecule has 0 saturated carbocycles. The van der Waals surface area contributed by atoms with Crippen LogP contribution < -0.4 is 5.32 Å². The van der Waals surface area contributed by atoms with E-state index in [-0.39, 0.29) is 12.0 Å². The van der Waals surface area contributed by atoms with Crippen molar-refractivity contribution in [1.29, 1.82) is 0 Å². The lowest BCUT2D eigenvalue weighted by Crippen LogP contribution is -2.19. The van der Waals surface area contributed by atoms with E-state index in [1.165, 1.54) is 0 Å². The van der Waals surface area contributed by atoms with E-state index in [9.17, 15) is 4.79 Å². The number of alkyl halides is 1. The maximum Gasteiger partial charge on any atom is 0.226 e. The van der Waals surface area contributed by atoms with Crippen LogP contribution in [0.4, 0.5) is 5.69 Å². The molecule has 92 valence electrons. The number of halogens is 1. The first kappa shape index (κ1) is 12.6. The van der Waals surface area contributed by atoms with Gasteiger partial charge in [0.2, 0.25) is 5.91 Å². The predicted octanol–water partition coefficient (Wildman–Crippen LogP) is 3.09. The molecule has 0 radical (unpaired) electrons. The summed E-state index contributed by atoms with van der Waals surface area (Å²) in [4.78, 5) is 11.8. The summed E-state index contributed by atoms with van der Waals surface area (Å²) in [6.45, 7) is 0.788. The summed E-state index contributed by atoms with van der Waals surface area (Å²) in [6.07, 6.45) is 2.62. The smallest absolute Gasteiger partial charge is 0.226 e. The molecule has 1 atom stereocenters. The maximum atomic E-state index is 11.8. The molecule has 0 aromatic heterocycles. The highest BCUT2D eigenvalue weighted by Crippen LogP contribution is 2.20. The van der Waals surface area contributed by atoms with Gasteiger partial charge in [-0.3, -0.25) is 4.79 Å². The summed E-state index contributed by atoms with van der Waals surface area (Å²) < 4.78 is 5.45. The molecule has 1 N–H and O–H groups in total. The van der Waals surface area contributed by atoms with Crippen molar-refractivity contribution in [1.82, 2.24) is 0 Å². The molecule has 1 heterocycles. The van der Waals surface area contributed by atoms with Crippen LogP contribution >= 0.6 is 15.9 Å². The molecule has 1 aromatic carbocycles. The topological polar surface area (TPSA) is 38.3 Å². The quantitative estimate of drug-likeness (QED) is 0.868. The number of anilines is 1. The average molecular weight is 298 g/mol. The molecule has 1 unspecified atom stereocenters. The second-order valence-electron chi connectivity index (χ2n) is 4.18. The summed E-state index contributed by atoms with van der Waals surface area (Å²) in [5.74, 6) is 0.0327. The lowest BCUT2D eigenvalue weighted by molar-refractivity contribution is -0.118. The Hall–Kier alpha value is -0.870. The summed E-state index contributed by atoms with van der Waals surface area (Å²) in [7, 11) is 0. The van der Waals surface area contributed by atoms with Crippen LogP contribution in [0.3, 0.4) is 0 Å². The Morgan fingerprint density at radius 1 is 1.47 bits per heavy atom. The van der Waals surface area contributed by atoms with Crippen molar-refractivity contribution in [3.8, 4) is 0 Å². The van der Waals surface area contributed by atoms with Crippen LogP contribution in [-0.4, -0.2) is 18.6 Å². The molecule has 17 heavy (non-hydrogen) atoms. The fourth-order valence-corrected chi connectivity index (χ4v) is 2.46. The molecule has 1 aliphatic rings. The number of hydrogen-bond acceptors (Lipinski definition) is 2. The Morgan fingerprint density at radius 2 is 2.29 bits per heavy atom. The monoisotopic (exact) mass is 297 g/mol. The lowest BCUT2D eigenvalue weighted by atomic mass is 10.1. The van der Waals surface area contributed by atoms with Crippen molar-refractivity contribution < 1.29 is 9.53 Å². The summed E-state index contributed by atoms with van der Waals surface area (Å²) in [5, 5.41) is 3.68. The molecular formula is C13H16BrNO2. The first-order chi connectivity index (χ1) is 8.29. The minimum absolute atomic E-state index is 0.0327. The largest absolute Gasteiger partial charge is 0.378 e. The number of nitrogens with one attached hydrogen (secondary N) is 1. The van der Waals surface area contributed by atoms with E-state index in [4.69, 9.17) is 4.74 Å². The number of para-hydroxylation sites is 1. The Bertz CT molecular complexity index is 389. The van der Waals surface area contributed by atoms with E-state index in [1.807, 2.05) is 24.3 Å². The number of rotatable bonds is 4. The zero-order chi connectivity index (χ0) is 12.1. The van der Waals surface area contributed by atoms with Crippen molar-refractivity contribution in [2.24, 2.45) is 0 Å².